The van der Waals surface area contributed by atoms with Crippen molar-refractivity contribution < 1.29 is 4.79 Å². The molecule has 2 unspecified atom stereocenters. The van der Waals surface area contributed by atoms with Gasteiger partial charge in [0.25, 0.3) is 5.91 Å². The van der Waals surface area contributed by atoms with E-state index in [4.69, 9.17) is 5.10 Å². The monoisotopic (exact) mass is 435 g/mol. The number of carbonyl (C=O) groups excluding carboxylic acids is 1. The molecule has 1 fully saturated rings. The van der Waals surface area contributed by atoms with Gasteiger partial charge in [0.05, 0.1) is 34.6 Å². The smallest absolute Gasteiger partial charge is 0.252 e. The van der Waals surface area contributed by atoms with Crippen LogP contribution in [0.1, 0.15) is 43.8 Å². The van der Waals surface area contributed by atoms with Crippen LogP contribution in [-0.2, 0) is 4.79 Å². The third-order valence-corrected chi connectivity index (χ3v) is 8.13. The summed E-state index contributed by atoms with van der Waals surface area (Å²) in [5, 5.41) is 5.77. The predicted octanol–water partition coefficient (Wildman–Crippen LogP) is 4.11. The fraction of sp³-hybridized carbons (Fsp3) is 0.458. The van der Waals surface area contributed by atoms with Gasteiger partial charge in [0, 0.05) is 23.6 Å². The first-order chi connectivity index (χ1) is 14.9. The van der Waals surface area contributed by atoms with Crippen LogP contribution in [0.15, 0.2) is 42.3 Å². The predicted molar refractivity (Wildman–Crippen MR) is 126 cm³/mol. The molecule has 5 rings (SSSR count). The standard InChI is InChI=1S/C24H30N5OP/c1-15(2)27-9-7-18(8-10-27)19-5-6-24-28(14-19)23(30)12-22(31-24)20-11-21-17(4)25-16(3)13-29(21)26-20/h5-6,11-15,18,24,31H,7-10H2,1-4H3. The highest BCUT2D eigenvalue weighted by atomic mass is 31.1. The molecule has 162 valence electrons. The number of fused-ring (bicyclic) bond motifs is 2. The lowest BCUT2D eigenvalue weighted by atomic mass is 9.88. The zero-order valence-corrected chi connectivity index (χ0v) is 19.7. The van der Waals surface area contributed by atoms with Crippen molar-refractivity contribution in [1.82, 2.24) is 24.4 Å². The van der Waals surface area contributed by atoms with Crippen LogP contribution in [0.3, 0.4) is 0 Å². The Labute approximate surface area is 185 Å². The van der Waals surface area contributed by atoms with Crippen LogP contribution in [0, 0.1) is 19.8 Å². The summed E-state index contributed by atoms with van der Waals surface area (Å²) in [5.41, 5.74) is 5.08. The average molecular weight is 436 g/mol. The van der Waals surface area contributed by atoms with E-state index in [1.165, 1.54) is 18.4 Å². The first kappa shape index (κ1) is 20.6. The van der Waals surface area contributed by atoms with Crippen LogP contribution < -0.4 is 0 Å². The molecule has 0 saturated carbocycles. The third-order valence-electron chi connectivity index (χ3n) is 6.65. The number of nitrogens with zero attached hydrogens (tertiary/aromatic N) is 5. The molecule has 0 spiro atoms. The summed E-state index contributed by atoms with van der Waals surface area (Å²) in [5.74, 6) is 0.701. The molecule has 3 aliphatic heterocycles. The summed E-state index contributed by atoms with van der Waals surface area (Å²) in [6, 6.07) is 2.66. The minimum Gasteiger partial charge on any atom is -0.304 e. The highest BCUT2D eigenvalue weighted by Crippen LogP contribution is 2.45. The zero-order valence-electron chi connectivity index (χ0n) is 18.7. The number of carbonyl (C=O) groups is 1. The average Bonchev–Trinajstić information content (AvgIpc) is 3.18. The second kappa shape index (κ2) is 7.99. The van der Waals surface area contributed by atoms with Crippen LogP contribution in [0.5, 0.6) is 0 Å². The number of hydrogen-bond donors (Lipinski definition) is 0. The number of allylic oxidation sites excluding steroid dienone is 2. The van der Waals surface area contributed by atoms with Crippen molar-refractivity contribution in [2.45, 2.75) is 52.4 Å². The lowest BCUT2D eigenvalue weighted by molar-refractivity contribution is -0.123. The summed E-state index contributed by atoms with van der Waals surface area (Å²) in [7, 11) is 0.486. The maximum Gasteiger partial charge on any atom is 0.252 e. The van der Waals surface area contributed by atoms with Crippen LogP contribution >= 0.6 is 8.58 Å². The van der Waals surface area contributed by atoms with Crippen molar-refractivity contribution in [3.05, 3.63) is 59.3 Å². The highest BCUT2D eigenvalue weighted by molar-refractivity contribution is 7.51. The minimum atomic E-state index is 0.0586. The summed E-state index contributed by atoms with van der Waals surface area (Å²) in [6.07, 6.45) is 12.6. The molecule has 0 aliphatic carbocycles. The van der Waals surface area contributed by atoms with Gasteiger partial charge in [0.15, 0.2) is 0 Å². The van der Waals surface area contributed by atoms with Gasteiger partial charge in [-0.25, -0.2) is 4.52 Å². The van der Waals surface area contributed by atoms with Crippen molar-refractivity contribution in [1.29, 1.82) is 0 Å². The summed E-state index contributed by atoms with van der Waals surface area (Å²) < 4.78 is 1.88. The van der Waals surface area contributed by atoms with Gasteiger partial charge in [0.2, 0.25) is 0 Å². The van der Waals surface area contributed by atoms with Gasteiger partial charge in [-0.3, -0.25) is 9.78 Å². The fourth-order valence-corrected chi connectivity index (χ4v) is 6.19. The van der Waals surface area contributed by atoms with Crippen LogP contribution in [0.4, 0.5) is 0 Å². The maximum atomic E-state index is 13.0. The lowest BCUT2D eigenvalue weighted by Gasteiger charge is -2.38. The van der Waals surface area contributed by atoms with Crippen molar-refractivity contribution in [2.75, 3.05) is 13.1 Å². The van der Waals surface area contributed by atoms with E-state index in [0.29, 0.717) is 20.5 Å². The van der Waals surface area contributed by atoms with Crippen LogP contribution in [0.25, 0.3) is 10.8 Å². The van der Waals surface area contributed by atoms with Gasteiger partial charge in [0.1, 0.15) is 0 Å². The quantitative estimate of drug-likeness (QED) is 0.681. The van der Waals surface area contributed by atoms with Gasteiger partial charge in [-0.15, -0.1) is 0 Å². The maximum absolute atomic E-state index is 13.0. The van der Waals surface area contributed by atoms with E-state index < -0.39 is 0 Å². The summed E-state index contributed by atoms with van der Waals surface area (Å²) >= 11 is 0. The van der Waals surface area contributed by atoms with Crippen LogP contribution in [-0.4, -0.2) is 55.2 Å². The highest BCUT2D eigenvalue weighted by Gasteiger charge is 2.31. The van der Waals surface area contributed by atoms with E-state index >= 15 is 0 Å². The van der Waals surface area contributed by atoms with Gasteiger partial charge in [-0.1, -0.05) is 20.7 Å². The lowest BCUT2D eigenvalue weighted by Crippen LogP contribution is -2.40. The van der Waals surface area contributed by atoms with E-state index in [9.17, 15) is 4.79 Å². The Balaban J connectivity index is 1.36. The second-order valence-electron chi connectivity index (χ2n) is 9.11. The summed E-state index contributed by atoms with van der Waals surface area (Å²) in [6.45, 7) is 10.8. The molecule has 0 N–H and O–H groups in total. The molecule has 2 aromatic rings. The van der Waals surface area contributed by atoms with Crippen molar-refractivity contribution in [2.24, 2.45) is 5.92 Å². The normalized spacial score (nSPS) is 23.6. The molecule has 0 radical (unpaired) electrons. The molecular formula is C24H30N5OP. The molecule has 2 atom stereocenters. The number of aryl methyl sites for hydroxylation is 2. The Hall–Kier alpha value is -2.30. The zero-order chi connectivity index (χ0) is 21.7. The Bertz CT molecular complexity index is 1120. The molecule has 31 heavy (non-hydrogen) atoms. The van der Waals surface area contributed by atoms with E-state index in [2.05, 4.69) is 48.1 Å². The molecule has 5 heterocycles. The first-order valence-electron chi connectivity index (χ1n) is 11.2. The Morgan fingerprint density at radius 3 is 2.71 bits per heavy atom. The number of likely N-dealkylation sites (tertiary alicyclic amines) is 1. The SMILES string of the molecule is Cc1cn2nc(C3=CC(=O)N4C=C(C5CCN(C(C)C)CC5)C=CC4P3)cc2c(C)n1. The van der Waals surface area contributed by atoms with Crippen molar-refractivity contribution in [3.63, 3.8) is 0 Å². The number of hydrogen-bond acceptors (Lipinski definition) is 4. The molecule has 2 aromatic heterocycles. The van der Waals surface area contributed by atoms with Crippen LogP contribution in [0.2, 0.25) is 0 Å². The number of aromatic nitrogens is 3. The Morgan fingerprint density at radius 2 is 1.97 bits per heavy atom. The van der Waals surface area contributed by atoms with E-state index in [1.807, 2.05) is 29.5 Å². The topological polar surface area (TPSA) is 53.7 Å². The molecule has 6 nitrogen and oxygen atoms in total. The molecule has 0 aromatic carbocycles. The van der Waals surface area contributed by atoms with E-state index in [0.717, 1.165) is 41.0 Å². The molecule has 0 bridgehead atoms. The van der Waals surface area contributed by atoms with Gasteiger partial charge < -0.3 is 9.80 Å². The fourth-order valence-electron chi connectivity index (χ4n) is 4.86. The molecule has 3 aliphatic rings. The van der Waals surface area contributed by atoms with E-state index in [-0.39, 0.29) is 11.7 Å². The number of piperidine rings is 1. The second-order valence-corrected chi connectivity index (χ2v) is 10.5. The molecular weight excluding hydrogens is 405 g/mol. The minimum absolute atomic E-state index is 0.0586. The summed E-state index contributed by atoms with van der Waals surface area (Å²) in [4.78, 5) is 22.0. The van der Waals surface area contributed by atoms with E-state index in [1.54, 1.807) is 6.08 Å². The molecule has 1 amide bonds. The van der Waals surface area contributed by atoms with Gasteiger partial charge in [-0.2, -0.15) is 5.10 Å². The Kier molecular flexibility index (Phi) is 5.31. The number of amides is 1. The number of rotatable bonds is 3. The third kappa shape index (κ3) is 3.88. The van der Waals surface area contributed by atoms with Gasteiger partial charge in [-0.05, 0) is 71.2 Å². The molecule has 7 heteroatoms. The Morgan fingerprint density at radius 1 is 1.19 bits per heavy atom. The first-order valence-corrected chi connectivity index (χ1v) is 12.3. The largest absolute Gasteiger partial charge is 0.304 e. The van der Waals surface area contributed by atoms with Gasteiger partial charge >= 0.3 is 0 Å². The van der Waals surface area contributed by atoms with Crippen molar-refractivity contribution in [3.8, 4) is 0 Å². The van der Waals surface area contributed by atoms with Crippen molar-refractivity contribution >= 4 is 25.3 Å². The molecule has 1 saturated heterocycles.